The normalized spacial score (nSPS) is 14.5. The molecule has 1 aliphatic rings. The number of nitrogens with zero attached hydrogens (tertiary/aromatic N) is 1. The summed E-state index contributed by atoms with van der Waals surface area (Å²) in [4.78, 5) is 14.6. The van der Waals surface area contributed by atoms with Crippen molar-refractivity contribution in [3.8, 4) is 0 Å². The number of benzene rings is 1. The van der Waals surface area contributed by atoms with Crippen LogP contribution < -0.4 is 4.72 Å². The third-order valence-electron chi connectivity index (χ3n) is 3.79. The Hall–Kier alpha value is -1.66. The molecule has 126 valence electrons. The molecule has 5 nitrogen and oxygen atoms in total. The second-order valence-corrected chi connectivity index (χ2v) is 7.63. The maximum Gasteiger partial charge on any atom is 0.253 e. The van der Waals surface area contributed by atoms with E-state index in [1.165, 1.54) is 31.1 Å². The lowest BCUT2D eigenvalue weighted by molar-refractivity contribution is 0.0747. The van der Waals surface area contributed by atoms with Crippen molar-refractivity contribution in [3.05, 3.63) is 42.5 Å². The highest BCUT2D eigenvalue weighted by molar-refractivity contribution is 7.89. The summed E-state index contributed by atoms with van der Waals surface area (Å²) in [7, 11) is -3.55. The van der Waals surface area contributed by atoms with Gasteiger partial charge in [0.1, 0.15) is 0 Å². The topological polar surface area (TPSA) is 66.5 Å². The third-order valence-corrected chi connectivity index (χ3v) is 5.22. The molecule has 0 radical (unpaired) electrons. The van der Waals surface area contributed by atoms with Gasteiger partial charge < -0.3 is 4.90 Å². The van der Waals surface area contributed by atoms with Crippen molar-refractivity contribution in [3.63, 3.8) is 0 Å². The maximum atomic E-state index is 12.6. The highest BCUT2D eigenvalue weighted by Gasteiger charge is 2.27. The molecule has 0 aromatic heterocycles. The average molecular weight is 336 g/mol. The van der Waals surface area contributed by atoms with E-state index in [9.17, 15) is 13.2 Å². The lowest BCUT2D eigenvalue weighted by Gasteiger charge is -2.22. The number of nitrogens with one attached hydrogen (secondary N) is 1. The molecule has 0 spiro atoms. The standard InChI is InChI=1S/C17H24N2O3S/c1-3-11-18-23(21,22)16-9-7-15(8-10-16)17(20)19(12-4-2)13-14-5-6-14/h3,7-10,14,18H,1,4-6,11-13H2,2H3. The van der Waals surface area contributed by atoms with Gasteiger partial charge >= 0.3 is 0 Å². The predicted molar refractivity (Wildman–Crippen MR) is 90.7 cm³/mol. The zero-order valence-electron chi connectivity index (χ0n) is 13.5. The molecular formula is C17H24N2O3S. The summed E-state index contributed by atoms with van der Waals surface area (Å²) < 4.78 is 26.4. The van der Waals surface area contributed by atoms with Gasteiger partial charge in [0.15, 0.2) is 0 Å². The van der Waals surface area contributed by atoms with Gasteiger partial charge in [0, 0.05) is 25.2 Å². The number of amides is 1. The van der Waals surface area contributed by atoms with E-state index in [0.717, 1.165) is 19.5 Å². The monoisotopic (exact) mass is 336 g/mol. The number of rotatable bonds is 9. The van der Waals surface area contributed by atoms with Crippen molar-refractivity contribution >= 4 is 15.9 Å². The second-order valence-electron chi connectivity index (χ2n) is 5.86. The molecule has 1 amide bonds. The van der Waals surface area contributed by atoms with E-state index in [4.69, 9.17) is 0 Å². The quantitative estimate of drug-likeness (QED) is 0.704. The zero-order chi connectivity index (χ0) is 16.9. The summed E-state index contributed by atoms with van der Waals surface area (Å²) in [6.07, 6.45) is 4.78. The predicted octanol–water partition coefficient (Wildman–Crippen LogP) is 2.41. The number of carbonyl (C=O) groups is 1. The van der Waals surface area contributed by atoms with Crippen LogP contribution in [0.3, 0.4) is 0 Å². The van der Waals surface area contributed by atoms with E-state index in [0.29, 0.717) is 11.5 Å². The van der Waals surface area contributed by atoms with Gasteiger partial charge in [-0.1, -0.05) is 13.0 Å². The molecule has 0 saturated heterocycles. The Balaban J connectivity index is 2.10. The second kappa shape index (κ2) is 7.75. The Bertz CT molecular complexity index is 649. The SMILES string of the molecule is C=CCNS(=O)(=O)c1ccc(C(=O)N(CCC)CC2CC2)cc1. The molecule has 1 saturated carbocycles. The van der Waals surface area contributed by atoms with E-state index in [-0.39, 0.29) is 17.3 Å². The summed E-state index contributed by atoms with van der Waals surface area (Å²) in [6.45, 7) is 7.24. The summed E-state index contributed by atoms with van der Waals surface area (Å²) in [5.41, 5.74) is 0.529. The van der Waals surface area contributed by atoms with Gasteiger partial charge in [0.25, 0.3) is 5.91 Å². The van der Waals surface area contributed by atoms with E-state index in [1.807, 2.05) is 11.8 Å². The van der Waals surface area contributed by atoms with Crippen LogP contribution >= 0.6 is 0 Å². The smallest absolute Gasteiger partial charge is 0.253 e. The van der Waals surface area contributed by atoms with Gasteiger partial charge in [0.2, 0.25) is 10.0 Å². The Morgan fingerprint density at radius 3 is 2.52 bits per heavy atom. The van der Waals surface area contributed by atoms with E-state index in [1.54, 1.807) is 12.1 Å². The number of hydrogen-bond acceptors (Lipinski definition) is 3. The van der Waals surface area contributed by atoms with Crippen LogP contribution in [0.4, 0.5) is 0 Å². The molecule has 6 heteroatoms. The first-order valence-electron chi connectivity index (χ1n) is 7.98. The van der Waals surface area contributed by atoms with Crippen LogP contribution in [0.25, 0.3) is 0 Å². The summed E-state index contributed by atoms with van der Waals surface area (Å²) >= 11 is 0. The Labute approximate surface area is 138 Å². The van der Waals surface area contributed by atoms with Crippen molar-refractivity contribution in [2.75, 3.05) is 19.6 Å². The largest absolute Gasteiger partial charge is 0.338 e. The molecular weight excluding hydrogens is 312 g/mol. The maximum absolute atomic E-state index is 12.6. The first-order valence-corrected chi connectivity index (χ1v) is 9.46. The molecule has 1 aromatic carbocycles. The average Bonchev–Trinajstić information content (AvgIpc) is 3.36. The van der Waals surface area contributed by atoms with Crippen LogP contribution in [0.1, 0.15) is 36.5 Å². The molecule has 0 bridgehead atoms. The molecule has 0 aliphatic heterocycles. The van der Waals surface area contributed by atoms with E-state index in [2.05, 4.69) is 11.3 Å². The minimum Gasteiger partial charge on any atom is -0.338 e. The summed E-state index contributed by atoms with van der Waals surface area (Å²) in [5, 5.41) is 0. The van der Waals surface area contributed by atoms with Gasteiger partial charge in [-0.2, -0.15) is 0 Å². The third kappa shape index (κ3) is 4.91. The van der Waals surface area contributed by atoms with Crippen molar-refractivity contribution in [1.82, 2.24) is 9.62 Å². The molecule has 0 heterocycles. The van der Waals surface area contributed by atoms with Crippen LogP contribution in [0.15, 0.2) is 41.8 Å². The summed E-state index contributed by atoms with van der Waals surface area (Å²) in [6, 6.07) is 6.11. The molecule has 23 heavy (non-hydrogen) atoms. The lowest BCUT2D eigenvalue weighted by atomic mass is 10.2. The molecule has 1 aliphatic carbocycles. The van der Waals surface area contributed by atoms with Crippen molar-refractivity contribution in [1.29, 1.82) is 0 Å². The fourth-order valence-corrected chi connectivity index (χ4v) is 3.37. The van der Waals surface area contributed by atoms with Crippen LogP contribution in [0, 0.1) is 5.92 Å². The molecule has 2 rings (SSSR count). The number of carbonyl (C=O) groups excluding carboxylic acids is 1. The van der Waals surface area contributed by atoms with Crippen molar-refractivity contribution in [2.45, 2.75) is 31.1 Å². The van der Waals surface area contributed by atoms with Crippen LogP contribution in [-0.4, -0.2) is 38.9 Å². The van der Waals surface area contributed by atoms with E-state index >= 15 is 0 Å². The Morgan fingerprint density at radius 2 is 2.00 bits per heavy atom. The fraction of sp³-hybridized carbons (Fsp3) is 0.471. The molecule has 1 aromatic rings. The molecule has 1 fully saturated rings. The van der Waals surface area contributed by atoms with Gasteiger partial charge in [-0.3, -0.25) is 4.79 Å². The molecule has 1 N–H and O–H groups in total. The minimum atomic E-state index is -3.55. The lowest BCUT2D eigenvalue weighted by Crippen LogP contribution is -2.33. The van der Waals surface area contributed by atoms with Gasteiger partial charge in [-0.25, -0.2) is 13.1 Å². The zero-order valence-corrected chi connectivity index (χ0v) is 14.3. The van der Waals surface area contributed by atoms with Crippen molar-refractivity contribution in [2.24, 2.45) is 5.92 Å². The van der Waals surface area contributed by atoms with Crippen molar-refractivity contribution < 1.29 is 13.2 Å². The molecule has 0 unspecified atom stereocenters. The molecule has 0 atom stereocenters. The first-order chi connectivity index (χ1) is 11.0. The number of sulfonamides is 1. The Morgan fingerprint density at radius 1 is 1.35 bits per heavy atom. The van der Waals surface area contributed by atoms with Crippen LogP contribution in [-0.2, 0) is 10.0 Å². The van der Waals surface area contributed by atoms with Gasteiger partial charge in [-0.05, 0) is 49.4 Å². The van der Waals surface area contributed by atoms with Crippen LogP contribution in [0.5, 0.6) is 0 Å². The minimum absolute atomic E-state index is 0.0262. The van der Waals surface area contributed by atoms with Gasteiger partial charge in [-0.15, -0.1) is 6.58 Å². The Kier molecular flexibility index (Phi) is 5.96. The fourth-order valence-electron chi connectivity index (χ4n) is 2.37. The highest BCUT2D eigenvalue weighted by atomic mass is 32.2. The summed E-state index contributed by atoms with van der Waals surface area (Å²) in [5.74, 6) is 0.606. The van der Waals surface area contributed by atoms with Crippen LogP contribution in [0.2, 0.25) is 0 Å². The van der Waals surface area contributed by atoms with E-state index < -0.39 is 10.0 Å². The number of hydrogen-bond donors (Lipinski definition) is 1. The van der Waals surface area contributed by atoms with Gasteiger partial charge in [0.05, 0.1) is 4.90 Å². The highest BCUT2D eigenvalue weighted by Crippen LogP contribution is 2.30. The first kappa shape index (κ1) is 17.7.